The van der Waals surface area contributed by atoms with Gasteiger partial charge in [-0.3, -0.25) is 14.8 Å². The van der Waals surface area contributed by atoms with Crippen molar-refractivity contribution in [3.8, 4) is 0 Å². The fraction of sp³-hybridized carbons (Fsp3) is 0.391. The number of hydrogen-bond acceptors (Lipinski definition) is 3. The van der Waals surface area contributed by atoms with Gasteiger partial charge in [-0.1, -0.05) is 81.4 Å². The molecule has 2 aromatic carbocycles. The first kappa shape index (κ1) is 20.8. The second-order valence-corrected chi connectivity index (χ2v) is 7.55. The summed E-state index contributed by atoms with van der Waals surface area (Å²) >= 11 is 0. The number of ketones is 1. The molecule has 0 aromatic heterocycles. The lowest BCUT2D eigenvalue weighted by Gasteiger charge is -2.26. The topological polar surface area (TPSA) is 66.4 Å². The van der Waals surface area contributed by atoms with Crippen LogP contribution in [-0.2, 0) is 9.59 Å². The third kappa shape index (κ3) is 5.76. The van der Waals surface area contributed by atoms with Gasteiger partial charge in [-0.15, -0.1) is 0 Å². The van der Waals surface area contributed by atoms with E-state index in [0.29, 0.717) is 12.8 Å². The predicted octanol–water partition coefficient (Wildman–Crippen LogP) is 4.58. The van der Waals surface area contributed by atoms with Crippen molar-refractivity contribution in [1.82, 2.24) is 5.48 Å². The molecule has 0 bridgehead atoms. The van der Waals surface area contributed by atoms with Crippen LogP contribution in [0.25, 0.3) is 0 Å². The molecule has 4 nitrogen and oxygen atoms in total. The number of rotatable bonds is 9. The Kier molecular flexibility index (Phi) is 7.74. The van der Waals surface area contributed by atoms with Crippen molar-refractivity contribution in [1.29, 1.82) is 0 Å². The highest BCUT2D eigenvalue weighted by Crippen LogP contribution is 2.32. The van der Waals surface area contributed by atoms with Crippen LogP contribution in [0.15, 0.2) is 60.7 Å². The van der Waals surface area contributed by atoms with Gasteiger partial charge < -0.3 is 0 Å². The van der Waals surface area contributed by atoms with Crippen LogP contribution in [0.3, 0.4) is 0 Å². The molecule has 1 amide bonds. The van der Waals surface area contributed by atoms with Gasteiger partial charge >= 0.3 is 0 Å². The SMILES string of the molecule is CC(C)C[C@@H](C(=O)CC(c1ccccc1)c1ccccc1)[C@H](C)C(=O)NO. The first-order valence-corrected chi connectivity index (χ1v) is 9.50. The Balaban J connectivity index is 2.31. The van der Waals surface area contributed by atoms with Crippen LogP contribution in [0.1, 0.15) is 50.7 Å². The summed E-state index contributed by atoms with van der Waals surface area (Å²) in [5, 5.41) is 9.00. The molecule has 2 N–H and O–H groups in total. The zero-order chi connectivity index (χ0) is 19.8. The van der Waals surface area contributed by atoms with Gasteiger partial charge in [-0.2, -0.15) is 0 Å². The van der Waals surface area contributed by atoms with Gasteiger partial charge in [0, 0.05) is 24.2 Å². The van der Waals surface area contributed by atoms with E-state index in [2.05, 4.69) is 0 Å². The van der Waals surface area contributed by atoms with Crippen LogP contribution >= 0.6 is 0 Å². The van der Waals surface area contributed by atoms with Crippen molar-refractivity contribution in [2.75, 3.05) is 0 Å². The van der Waals surface area contributed by atoms with Gasteiger partial charge in [0.15, 0.2) is 0 Å². The van der Waals surface area contributed by atoms with E-state index in [1.54, 1.807) is 12.4 Å². The highest BCUT2D eigenvalue weighted by molar-refractivity contribution is 5.89. The number of hydrogen-bond donors (Lipinski definition) is 2. The number of hydroxylamine groups is 1. The maximum absolute atomic E-state index is 13.2. The van der Waals surface area contributed by atoms with E-state index in [1.807, 2.05) is 74.5 Å². The number of benzene rings is 2. The molecule has 2 rings (SSSR count). The molecule has 0 spiro atoms. The van der Waals surface area contributed by atoms with Crippen molar-refractivity contribution in [2.24, 2.45) is 17.8 Å². The van der Waals surface area contributed by atoms with Gasteiger partial charge in [0.05, 0.1) is 0 Å². The smallest absolute Gasteiger partial charge is 0.246 e. The summed E-state index contributed by atoms with van der Waals surface area (Å²) in [7, 11) is 0. The van der Waals surface area contributed by atoms with E-state index in [-0.39, 0.29) is 17.6 Å². The molecule has 0 aliphatic heterocycles. The van der Waals surface area contributed by atoms with Crippen molar-refractivity contribution in [3.63, 3.8) is 0 Å². The highest BCUT2D eigenvalue weighted by Gasteiger charge is 2.32. The van der Waals surface area contributed by atoms with Gasteiger partial charge in [0.25, 0.3) is 0 Å². The summed E-state index contributed by atoms with van der Waals surface area (Å²) in [5.74, 6) is -1.23. The lowest BCUT2D eigenvalue weighted by Crippen LogP contribution is -2.36. The first-order chi connectivity index (χ1) is 12.9. The lowest BCUT2D eigenvalue weighted by molar-refractivity contribution is -0.139. The quantitative estimate of drug-likeness (QED) is 0.503. The highest BCUT2D eigenvalue weighted by atomic mass is 16.5. The second-order valence-electron chi connectivity index (χ2n) is 7.55. The molecule has 27 heavy (non-hydrogen) atoms. The fourth-order valence-electron chi connectivity index (χ4n) is 3.56. The third-order valence-electron chi connectivity index (χ3n) is 5.08. The van der Waals surface area contributed by atoms with Crippen LogP contribution in [0.2, 0.25) is 0 Å². The Labute approximate surface area is 161 Å². The maximum Gasteiger partial charge on any atom is 0.246 e. The van der Waals surface area contributed by atoms with E-state index >= 15 is 0 Å². The maximum atomic E-state index is 13.2. The summed E-state index contributed by atoms with van der Waals surface area (Å²) in [6, 6.07) is 20.0. The summed E-state index contributed by atoms with van der Waals surface area (Å²) in [6.45, 7) is 5.78. The van der Waals surface area contributed by atoms with Crippen LogP contribution in [-0.4, -0.2) is 16.9 Å². The molecular weight excluding hydrogens is 338 g/mol. The average Bonchev–Trinajstić information content (AvgIpc) is 2.70. The molecule has 0 saturated heterocycles. The Morgan fingerprint density at radius 2 is 1.37 bits per heavy atom. The molecule has 0 aliphatic rings. The summed E-state index contributed by atoms with van der Waals surface area (Å²) in [6.07, 6.45) is 0.943. The Morgan fingerprint density at radius 1 is 0.889 bits per heavy atom. The predicted molar refractivity (Wildman–Crippen MR) is 106 cm³/mol. The van der Waals surface area contributed by atoms with Crippen molar-refractivity contribution in [3.05, 3.63) is 71.8 Å². The van der Waals surface area contributed by atoms with E-state index in [9.17, 15) is 9.59 Å². The Hall–Kier alpha value is -2.46. The van der Waals surface area contributed by atoms with Gasteiger partial charge in [0.2, 0.25) is 5.91 Å². The normalized spacial score (nSPS) is 13.4. The van der Waals surface area contributed by atoms with Crippen molar-refractivity contribution < 1.29 is 14.8 Å². The molecular formula is C23H29NO3. The van der Waals surface area contributed by atoms with Crippen molar-refractivity contribution >= 4 is 11.7 Å². The standard InChI is InChI=1S/C23H29NO3/c1-16(2)14-20(17(3)23(26)24-27)22(25)15-21(18-10-6-4-7-11-18)19-12-8-5-9-13-19/h4-13,16-17,20-21,27H,14-15H2,1-3H3,(H,24,26)/t17-,20+/m0/s1. The monoisotopic (exact) mass is 367 g/mol. The molecule has 0 unspecified atom stereocenters. The number of Topliss-reactive ketones (excluding diaryl/α,β-unsaturated/α-hetero) is 1. The van der Waals surface area contributed by atoms with Crippen molar-refractivity contribution in [2.45, 2.75) is 39.5 Å². The Bertz CT molecular complexity index is 688. The molecule has 0 radical (unpaired) electrons. The number of carbonyl (C=O) groups excluding carboxylic acids is 2. The van der Waals surface area contributed by atoms with Crippen LogP contribution in [0.5, 0.6) is 0 Å². The second kappa shape index (κ2) is 10.0. The molecule has 4 heteroatoms. The van der Waals surface area contributed by atoms with Gasteiger partial charge in [-0.05, 0) is 23.5 Å². The molecule has 0 heterocycles. The zero-order valence-corrected chi connectivity index (χ0v) is 16.3. The summed E-state index contributed by atoms with van der Waals surface area (Å²) in [5.41, 5.74) is 3.86. The largest absolute Gasteiger partial charge is 0.299 e. The molecule has 2 atom stereocenters. The summed E-state index contributed by atoms with van der Waals surface area (Å²) in [4.78, 5) is 25.2. The van der Waals surface area contributed by atoms with Crippen LogP contribution < -0.4 is 5.48 Å². The molecule has 144 valence electrons. The minimum atomic E-state index is -0.572. The number of nitrogens with one attached hydrogen (secondary N) is 1. The van der Waals surface area contributed by atoms with E-state index in [0.717, 1.165) is 11.1 Å². The van der Waals surface area contributed by atoms with Crippen LogP contribution in [0, 0.1) is 17.8 Å². The lowest BCUT2D eigenvalue weighted by atomic mass is 9.77. The van der Waals surface area contributed by atoms with E-state index in [4.69, 9.17) is 5.21 Å². The van der Waals surface area contributed by atoms with Gasteiger partial charge in [-0.25, -0.2) is 5.48 Å². The minimum Gasteiger partial charge on any atom is -0.299 e. The number of carbonyl (C=O) groups is 2. The first-order valence-electron chi connectivity index (χ1n) is 9.50. The zero-order valence-electron chi connectivity index (χ0n) is 16.3. The number of amides is 1. The Morgan fingerprint density at radius 3 is 1.78 bits per heavy atom. The van der Waals surface area contributed by atoms with E-state index < -0.39 is 17.7 Å². The fourth-order valence-corrected chi connectivity index (χ4v) is 3.56. The van der Waals surface area contributed by atoms with E-state index in [1.165, 1.54) is 0 Å². The average molecular weight is 367 g/mol. The van der Waals surface area contributed by atoms with Crippen LogP contribution in [0.4, 0.5) is 0 Å². The molecule has 0 aliphatic carbocycles. The molecule has 0 fully saturated rings. The minimum absolute atomic E-state index is 0.0532. The van der Waals surface area contributed by atoms with Gasteiger partial charge in [0.1, 0.15) is 5.78 Å². The molecule has 2 aromatic rings. The molecule has 0 saturated carbocycles. The third-order valence-corrected chi connectivity index (χ3v) is 5.08. The summed E-state index contributed by atoms with van der Waals surface area (Å²) < 4.78 is 0.